The Morgan fingerprint density at radius 3 is 2.67 bits per heavy atom. The van der Waals surface area contributed by atoms with Gasteiger partial charge in [0.25, 0.3) is 5.91 Å². The van der Waals surface area contributed by atoms with Gasteiger partial charge in [-0.3, -0.25) is 9.79 Å². The standard InChI is InChI=1S/C23H21F4N5O/c24-15-5-3-4-14(21(15)16-6-1-2-9-28-16)22(33)32-13-7-8-18(32)17(10-13)31-20-12-29-19(11-30-20)23(25,26)27/h3-6,9,11-13,17-18H,1-2,7-8,10H2,(H,30,31). The summed E-state index contributed by atoms with van der Waals surface area (Å²) < 4.78 is 53.0. The molecule has 2 fully saturated rings. The lowest BCUT2D eigenvalue weighted by Crippen LogP contribution is -2.40. The first-order valence-electron chi connectivity index (χ1n) is 10.8. The number of hydrogen-bond donors (Lipinski definition) is 1. The molecular weight excluding hydrogens is 438 g/mol. The van der Waals surface area contributed by atoms with Crippen molar-refractivity contribution in [3.05, 3.63) is 59.3 Å². The predicted octanol–water partition coefficient (Wildman–Crippen LogP) is 4.70. The molecule has 33 heavy (non-hydrogen) atoms. The van der Waals surface area contributed by atoms with Crippen molar-refractivity contribution < 1.29 is 22.4 Å². The minimum atomic E-state index is -4.55. The van der Waals surface area contributed by atoms with Crippen LogP contribution in [0, 0.1) is 5.82 Å². The summed E-state index contributed by atoms with van der Waals surface area (Å²) in [6.07, 6.45) is 4.45. The molecule has 10 heteroatoms. The van der Waals surface area contributed by atoms with Crippen LogP contribution in [-0.4, -0.2) is 45.1 Å². The number of rotatable bonds is 4. The Labute approximate surface area is 187 Å². The second-order valence-electron chi connectivity index (χ2n) is 8.42. The van der Waals surface area contributed by atoms with Crippen LogP contribution in [0.2, 0.25) is 0 Å². The van der Waals surface area contributed by atoms with E-state index in [0.29, 0.717) is 18.3 Å². The SMILES string of the molecule is O=C(c1cccc(F)c1C1=CCCC=N1)N1C2CCC1C(Nc1cnc(C(F)(F)F)cn1)C2. The van der Waals surface area contributed by atoms with Crippen molar-refractivity contribution in [1.29, 1.82) is 0 Å². The minimum Gasteiger partial charge on any atom is -0.364 e. The largest absolute Gasteiger partial charge is 0.434 e. The summed E-state index contributed by atoms with van der Waals surface area (Å²) in [4.78, 5) is 26.9. The lowest BCUT2D eigenvalue weighted by atomic mass is 9.95. The van der Waals surface area contributed by atoms with Gasteiger partial charge in [-0.2, -0.15) is 13.2 Å². The summed E-state index contributed by atoms with van der Waals surface area (Å²) in [5.74, 6) is -0.532. The van der Waals surface area contributed by atoms with E-state index in [1.807, 2.05) is 6.08 Å². The number of nitrogens with zero attached hydrogens (tertiary/aromatic N) is 4. The van der Waals surface area contributed by atoms with Gasteiger partial charge in [0.05, 0.1) is 35.7 Å². The number of alkyl halides is 3. The van der Waals surface area contributed by atoms with Gasteiger partial charge < -0.3 is 10.2 Å². The van der Waals surface area contributed by atoms with E-state index in [1.165, 1.54) is 12.1 Å². The van der Waals surface area contributed by atoms with Gasteiger partial charge in [0.1, 0.15) is 11.6 Å². The van der Waals surface area contributed by atoms with Crippen LogP contribution >= 0.6 is 0 Å². The van der Waals surface area contributed by atoms with Gasteiger partial charge >= 0.3 is 6.18 Å². The van der Waals surface area contributed by atoms with Crippen LogP contribution in [0.15, 0.2) is 41.7 Å². The lowest BCUT2D eigenvalue weighted by molar-refractivity contribution is -0.141. The summed E-state index contributed by atoms with van der Waals surface area (Å²) in [6.45, 7) is 0. The molecule has 1 aromatic carbocycles. The smallest absolute Gasteiger partial charge is 0.364 e. The number of carbonyl (C=O) groups excluding carboxylic acids is 1. The lowest BCUT2D eigenvalue weighted by Gasteiger charge is -2.26. The van der Waals surface area contributed by atoms with E-state index < -0.39 is 17.7 Å². The Kier molecular flexibility index (Phi) is 5.38. The Balaban J connectivity index is 1.38. The fourth-order valence-corrected chi connectivity index (χ4v) is 4.98. The molecule has 2 aromatic rings. The van der Waals surface area contributed by atoms with Gasteiger partial charge in [-0.25, -0.2) is 14.4 Å². The van der Waals surface area contributed by atoms with Crippen molar-refractivity contribution >= 4 is 23.6 Å². The number of benzene rings is 1. The van der Waals surface area contributed by atoms with Crippen molar-refractivity contribution in [1.82, 2.24) is 14.9 Å². The number of amides is 1. The molecule has 1 N–H and O–H groups in total. The van der Waals surface area contributed by atoms with Gasteiger partial charge in [-0.1, -0.05) is 12.1 Å². The molecular formula is C23H21F4N5O. The molecule has 5 rings (SSSR count). The quantitative estimate of drug-likeness (QED) is 0.673. The monoisotopic (exact) mass is 459 g/mol. The van der Waals surface area contributed by atoms with Crippen LogP contribution in [-0.2, 0) is 6.18 Å². The maximum absolute atomic E-state index is 14.8. The van der Waals surface area contributed by atoms with Crippen LogP contribution < -0.4 is 5.32 Å². The number of anilines is 1. The molecule has 1 aromatic heterocycles. The molecule has 6 nitrogen and oxygen atoms in total. The van der Waals surface area contributed by atoms with Gasteiger partial charge in [0.2, 0.25) is 0 Å². The van der Waals surface area contributed by atoms with Crippen LogP contribution in [0.3, 0.4) is 0 Å². The number of fused-ring (bicyclic) bond motifs is 2. The molecule has 3 aliphatic rings. The van der Waals surface area contributed by atoms with Crippen molar-refractivity contribution in [3.8, 4) is 0 Å². The van der Waals surface area contributed by atoms with Gasteiger partial charge in [-0.05, 0) is 44.2 Å². The second kappa shape index (κ2) is 8.24. The van der Waals surface area contributed by atoms with Crippen LogP contribution in [0.1, 0.15) is 53.7 Å². The Bertz CT molecular complexity index is 1130. The van der Waals surface area contributed by atoms with Crippen LogP contribution in [0.4, 0.5) is 23.4 Å². The summed E-state index contributed by atoms with van der Waals surface area (Å²) in [7, 11) is 0. The van der Waals surface area contributed by atoms with Crippen LogP contribution in [0.5, 0.6) is 0 Å². The maximum atomic E-state index is 14.8. The summed E-state index contributed by atoms with van der Waals surface area (Å²) in [5.41, 5.74) is -0.116. The number of hydrogen-bond acceptors (Lipinski definition) is 5. The third kappa shape index (κ3) is 3.98. The third-order valence-corrected chi connectivity index (χ3v) is 6.41. The predicted molar refractivity (Wildman–Crippen MR) is 114 cm³/mol. The molecule has 172 valence electrons. The molecule has 3 atom stereocenters. The van der Waals surface area contributed by atoms with Crippen molar-refractivity contribution in [3.63, 3.8) is 0 Å². The molecule has 0 aliphatic carbocycles. The summed E-state index contributed by atoms with van der Waals surface area (Å²) >= 11 is 0. The number of nitrogens with one attached hydrogen (secondary N) is 1. The molecule has 4 heterocycles. The highest BCUT2D eigenvalue weighted by Gasteiger charge is 2.49. The zero-order valence-corrected chi connectivity index (χ0v) is 17.5. The number of aromatic nitrogens is 2. The van der Waals surface area contributed by atoms with E-state index in [2.05, 4.69) is 20.3 Å². The third-order valence-electron chi connectivity index (χ3n) is 6.41. The van der Waals surface area contributed by atoms with Gasteiger partial charge in [-0.15, -0.1) is 0 Å². The van der Waals surface area contributed by atoms with Crippen molar-refractivity contribution in [2.75, 3.05) is 5.32 Å². The number of allylic oxidation sites excluding steroid dienone is 1. The normalized spacial score (nSPS) is 24.2. The number of halogens is 4. The van der Waals surface area contributed by atoms with E-state index >= 15 is 0 Å². The van der Waals surface area contributed by atoms with Crippen LogP contribution in [0.25, 0.3) is 5.70 Å². The Morgan fingerprint density at radius 2 is 1.97 bits per heavy atom. The van der Waals surface area contributed by atoms with E-state index in [9.17, 15) is 22.4 Å². The van der Waals surface area contributed by atoms with Gasteiger partial charge in [0.15, 0.2) is 5.69 Å². The van der Waals surface area contributed by atoms with E-state index in [4.69, 9.17) is 0 Å². The molecule has 2 bridgehead atoms. The Morgan fingerprint density at radius 1 is 1.12 bits per heavy atom. The zero-order valence-electron chi connectivity index (χ0n) is 17.5. The van der Waals surface area contributed by atoms with E-state index in [0.717, 1.165) is 31.9 Å². The maximum Gasteiger partial charge on any atom is 0.434 e. The average Bonchev–Trinajstić information content (AvgIpc) is 3.36. The first kappa shape index (κ1) is 21.5. The molecule has 1 amide bonds. The molecule has 0 radical (unpaired) electrons. The van der Waals surface area contributed by atoms with Gasteiger partial charge in [0, 0.05) is 17.8 Å². The molecule has 0 saturated carbocycles. The fourth-order valence-electron chi connectivity index (χ4n) is 4.98. The molecule has 0 spiro atoms. The van der Waals surface area contributed by atoms with Crippen molar-refractivity contribution in [2.24, 2.45) is 4.99 Å². The zero-order chi connectivity index (χ0) is 23.2. The first-order chi connectivity index (χ1) is 15.8. The van der Waals surface area contributed by atoms with E-state index in [1.54, 1.807) is 17.2 Å². The second-order valence-corrected chi connectivity index (χ2v) is 8.42. The Hall–Kier alpha value is -3.30. The fraction of sp³-hybridized carbons (Fsp3) is 0.391. The number of carbonyl (C=O) groups is 1. The highest BCUT2D eigenvalue weighted by molar-refractivity contribution is 6.00. The summed E-state index contributed by atoms with van der Waals surface area (Å²) in [6, 6.07) is 4.07. The molecule has 3 unspecified atom stereocenters. The topological polar surface area (TPSA) is 70.5 Å². The average molecular weight is 459 g/mol. The molecule has 3 aliphatic heterocycles. The van der Waals surface area contributed by atoms with E-state index in [-0.39, 0.29) is 41.0 Å². The highest BCUT2D eigenvalue weighted by Crippen LogP contribution is 2.41. The molecule has 2 saturated heterocycles. The highest BCUT2D eigenvalue weighted by atomic mass is 19.4. The number of aliphatic imine (C=N–C) groups is 1. The first-order valence-corrected chi connectivity index (χ1v) is 10.8. The summed E-state index contributed by atoms with van der Waals surface area (Å²) in [5, 5.41) is 3.13. The van der Waals surface area contributed by atoms with Crippen molar-refractivity contribution in [2.45, 2.75) is 56.4 Å². The minimum absolute atomic E-state index is 0.0395.